The summed E-state index contributed by atoms with van der Waals surface area (Å²) in [7, 11) is 4.20. The second-order valence-corrected chi connectivity index (χ2v) is 6.24. The molecule has 0 aliphatic carbocycles. The highest BCUT2D eigenvalue weighted by molar-refractivity contribution is 8.15. The molecule has 1 spiro atoms. The number of likely N-dealkylation sites (N-methyl/N-ethyl adjacent to an activating group) is 2. The second-order valence-electron chi connectivity index (χ2n) is 4.82. The van der Waals surface area contributed by atoms with Gasteiger partial charge in [0.25, 0.3) is 0 Å². The van der Waals surface area contributed by atoms with Crippen LogP contribution in [0.3, 0.4) is 0 Å². The van der Waals surface area contributed by atoms with E-state index in [2.05, 4.69) is 37.7 Å². The number of hydrogen-bond acceptors (Lipinski definition) is 4. The summed E-state index contributed by atoms with van der Waals surface area (Å²) in [6, 6.07) is 0. The van der Waals surface area contributed by atoms with Crippen molar-refractivity contribution in [2.24, 2.45) is 0 Å². The fourth-order valence-corrected chi connectivity index (χ4v) is 3.69. The molecule has 2 fully saturated rings. The number of hydrogen-bond donors (Lipinski definition) is 0. The van der Waals surface area contributed by atoms with Crippen LogP contribution in [0.25, 0.3) is 0 Å². The summed E-state index contributed by atoms with van der Waals surface area (Å²) in [5, 5.41) is 0.331. The van der Waals surface area contributed by atoms with E-state index in [1.807, 2.05) is 13.8 Å². The monoisotopic (exact) mass is 274 g/mol. The zero-order chi connectivity index (χ0) is 14.2. The number of piperidine rings is 1. The van der Waals surface area contributed by atoms with Gasteiger partial charge in [0.1, 0.15) is 0 Å². The molecule has 2 saturated heterocycles. The largest absolute Gasteiger partial charge is 0.304 e. The standard InChI is InChI=1S/C9H16N2OS.C3H8.C2H6/c1-10-5-3-4-9(7-10)11(2)6-8(12)13-9;1-3-2;1-2/h3-7H2,1-2H3;3H2,1-2H3;1-2H3. The minimum atomic E-state index is 0.101. The van der Waals surface area contributed by atoms with Crippen molar-refractivity contribution in [2.45, 2.75) is 51.8 Å². The zero-order valence-electron chi connectivity index (χ0n) is 13.0. The van der Waals surface area contributed by atoms with Gasteiger partial charge in [0.15, 0.2) is 0 Å². The second kappa shape index (κ2) is 8.94. The number of likely N-dealkylation sites (tertiary alicyclic amines) is 1. The number of nitrogens with zero attached hydrogens (tertiary/aromatic N) is 2. The summed E-state index contributed by atoms with van der Waals surface area (Å²) >= 11 is 1.55. The Bertz CT molecular complexity index is 248. The highest BCUT2D eigenvalue weighted by Crippen LogP contribution is 2.41. The average molecular weight is 274 g/mol. The normalized spacial score (nSPS) is 28.4. The van der Waals surface area contributed by atoms with Gasteiger partial charge in [-0.25, -0.2) is 0 Å². The molecular weight excluding hydrogens is 244 g/mol. The van der Waals surface area contributed by atoms with E-state index in [1.165, 1.54) is 19.4 Å². The highest BCUT2D eigenvalue weighted by Gasteiger charge is 2.45. The predicted molar refractivity (Wildman–Crippen MR) is 82.0 cm³/mol. The average Bonchev–Trinajstić information content (AvgIpc) is 2.57. The Hall–Kier alpha value is -0.0600. The lowest BCUT2D eigenvalue weighted by Crippen LogP contribution is -2.51. The first-order valence-electron chi connectivity index (χ1n) is 7.15. The molecule has 2 rings (SSSR count). The fraction of sp³-hybridized carbons (Fsp3) is 0.929. The number of carbonyl (C=O) groups is 1. The van der Waals surface area contributed by atoms with Gasteiger partial charge in [-0.3, -0.25) is 9.69 Å². The maximum absolute atomic E-state index is 11.3. The van der Waals surface area contributed by atoms with Crippen LogP contribution in [0.5, 0.6) is 0 Å². The minimum Gasteiger partial charge on any atom is -0.304 e. The first-order valence-corrected chi connectivity index (χ1v) is 7.97. The zero-order valence-corrected chi connectivity index (χ0v) is 13.8. The molecule has 18 heavy (non-hydrogen) atoms. The van der Waals surface area contributed by atoms with Crippen molar-refractivity contribution in [3.63, 3.8) is 0 Å². The van der Waals surface area contributed by atoms with Gasteiger partial charge in [-0.1, -0.05) is 45.9 Å². The Morgan fingerprint density at radius 2 is 1.83 bits per heavy atom. The maximum atomic E-state index is 11.3. The SMILES string of the molecule is CC.CCC.CN1CCCC2(C1)SC(=O)CN2C. The van der Waals surface area contributed by atoms with E-state index in [4.69, 9.17) is 0 Å². The maximum Gasteiger partial charge on any atom is 0.204 e. The molecule has 1 atom stereocenters. The van der Waals surface area contributed by atoms with Crippen molar-refractivity contribution in [3.8, 4) is 0 Å². The Labute approximate surface area is 117 Å². The van der Waals surface area contributed by atoms with Crippen LogP contribution in [-0.4, -0.2) is 53.5 Å². The van der Waals surface area contributed by atoms with Crippen molar-refractivity contribution < 1.29 is 4.79 Å². The Balaban J connectivity index is 0.000000509. The third-order valence-corrected chi connectivity index (χ3v) is 4.37. The smallest absolute Gasteiger partial charge is 0.204 e. The lowest BCUT2D eigenvalue weighted by molar-refractivity contribution is -0.111. The minimum absolute atomic E-state index is 0.101. The van der Waals surface area contributed by atoms with Gasteiger partial charge in [0.05, 0.1) is 11.4 Å². The molecule has 2 aliphatic rings. The summed E-state index contributed by atoms with van der Waals surface area (Å²) in [6.45, 7) is 11.1. The predicted octanol–water partition coefficient (Wildman–Crippen LogP) is 3.06. The van der Waals surface area contributed by atoms with Crippen molar-refractivity contribution >= 4 is 16.9 Å². The van der Waals surface area contributed by atoms with Crippen LogP contribution in [0, 0.1) is 0 Å². The molecule has 0 radical (unpaired) electrons. The van der Waals surface area contributed by atoms with Crippen molar-refractivity contribution in [3.05, 3.63) is 0 Å². The van der Waals surface area contributed by atoms with E-state index in [1.54, 1.807) is 11.8 Å². The third kappa shape index (κ3) is 4.90. The lowest BCUT2D eigenvalue weighted by Gasteiger charge is -2.41. The highest BCUT2D eigenvalue weighted by atomic mass is 32.2. The Kier molecular flexibility index (Phi) is 8.91. The molecule has 0 saturated carbocycles. The molecule has 0 aromatic heterocycles. The first kappa shape index (κ1) is 17.9. The summed E-state index contributed by atoms with van der Waals surface area (Å²) in [4.78, 5) is 16.0. The van der Waals surface area contributed by atoms with Gasteiger partial charge >= 0.3 is 0 Å². The van der Waals surface area contributed by atoms with Crippen LogP contribution in [0.4, 0.5) is 0 Å². The van der Waals surface area contributed by atoms with E-state index in [9.17, 15) is 4.79 Å². The van der Waals surface area contributed by atoms with Gasteiger partial charge < -0.3 is 4.90 Å². The molecule has 108 valence electrons. The molecule has 0 amide bonds. The molecule has 0 N–H and O–H groups in total. The number of carbonyl (C=O) groups excluding carboxylic acids is 1. The fourth-order valence-electron chi connectivity index (χ4n) is 2.26. The van der Waals surface area contributed by atoms with Gasteiger partial charge in [0.2, 0.25) is 5.12 Å². The summed E-state index contributed by atoms with van der Waals surface area (Å²) in [5.74, 6) is 0. The summed E-state index contributed by atoms with van der Waals surface area (Å²) in [6.07, 6.45) is 3.62. The molecule has 0 aromatic rings. The topological polar surface area (TPSA) is 23.6 Å². The molecule has 2 heterocycles. The molecule has 1 unspecified atom stereocenters. The van der Waals surface area contributed by atoms with Gasteiger partial charge in [-0.2, -0.15) is 0 Å². The Morgan fingerprint density at radius 3 is 2.22 bits per heavy atom. The first-order chi connectivity index (χ1) is 8.54. The van der Waals surface area contributed by atoms with Crippen LogP contribution in [0.15, 0.2) is 0 Å². The molecule has 0 aromatic carbocycles. The number of thioether (sulfide) groups is 1. The lowest BCUT2D eigenvalue weighted by atomic mass is 10.0. The van der Waals surface area contributed by atoms with E-state index >= 15 is 0 Å². The number of rotatable bonds is 0. The van der Waals surface area contributed by atoms with Crippen LogP contribution < -0.4 is 0 Å². The summed E-state index contributed by atoms with van der Waals surface area (Å²) < 4.78 is 0. The van der Waals surface area contributed by atoms with Gasteiger partial charge in [0, 0.05) is 6.54 Å². The van der Waals surface area contributed by atoms with Crippen molar-refractivity contribution in [1.82, 2.24) is 9.80 Å². The van der Waals surface area contributed by atoms with Crippen molar-refractivity contribution in [2.75, 3.05) is 33.7 Å². The quantitative estimate of drug-likeness (QED) is 0.677. The molecule has 2 aliphatic heterocycles. The third-order valence-electron chi connectivity index (χ3n) is 2.99. The van der Waals surface area contributed by atoms with Gasteiger partial charge in [-0.05, 0) is 33.5 Å². The Morgan fingerprint density at radius 1 is 1.28 bits per heavy atom. The van der Waals surface area contributed by atoms with Crippen LogP contribution in [0.2, 0.25) is 0 Å². The molecule has 3 nitrogen and oxygen atoms in total. The van der Waals surface area contributed by atoms with Crippen molar-refractivity contribution in [1.29, 1.82) is 0 Å². The van der Waals surface area contributed by atoms with Gasteiger partial charge in [-0.15, -0.1) is 0 Å². The van der Waals surface area contributed by atoms with Crippen LogP contribution in [-0.2, 0) is 4.79 Å². The van der Waals surface area contributed by atoms with Crippen LogP contribution in [0.1, 0.15) is 47.0 Å². The van der Waals surface area contributed by atoms with E-state index < -0.39 is 0 Å². The molecule has 4 heteroatoms. The van der Waals surface area contributed by atoms with E-state index in [0.717, 1.165) is 13.0 Å². The van der Waals surface area contributed by atoms with E-state index in [-0.39, 0.29) is 4.87 Å². The summed E-state index contributed by atoms with van der Waals surface area (Å²) in [5.41, 5.74) is 0. The molecular formula is C14H30N2OS. The molecule has 0 bridgehead atoms. The van der Waals surface area contributed by atoms with Crippen LogP contribution >= 0.6 is 11.8 Å². The van der Waals surface area contributed by atoms with E-state index in [0.29, 0.717) is 11.7 Å².